The van der Waals surface area contributed by atoms with Crippen molar-refractivity contribution in [1.82, 2.24) is 5.06 Å². The quantitative estimate of drug-likeness (QED) is 0.765. The fourth-order valence-corrected chi connectivity index (χ4v) is 2.51. The fraction of sp³-hybridized carbons (Fsp3) is 0.500. The van der Waals surface area contributed by atoms with E-state index in [4.69, 9.17) is 9.57 Å². The summed E-state index contributed by atoms with van der Waals surface area (Å²) in [6.45, 7) is 5.76. The molecule has 6 heteroatoms. The predicted octanol–water partition coefficient (Wildman–Crippen LogP) is 4.20. The number of rotatable bonds is 1. The van der Waals surface area contributed by atoms with Gasteiger partial charge in [-0.2, -0.15) is 5.06 Å². The monoisotopic (exact) mass is 345 g/mol. The first kappa shape index (κ1) is 15.3. The van der Waals surface area contributed by atoms with Crippen molar-refractivity contribution in [2.45, 2.75) is 38.8 Å². The van der Waals surface area contributed by atoms with Gasteiger partial charge in [-0.1, -0.05) is 15.9 Å². The molecule has 1 aliphatic heterocycles. The molecule has 0 spiro atoms. The minimum Gasteiger partial charge on any atom is -0.442 e. The van der Waals surface area contributed by atoms with Crippen molar-refractivity contribution in [3.05, 3.63) is 34.1 Å². The first-order valence-electron chi connectivity index (χ1n) is 6.37. The zero-order valence-electron chi connectivity index (χ0n) is 11.7. The highest BCUT2D eigenvalue weighted by molar-refractivity contribution is 9.10. The minimum absolute atomic E-state index is 0.336. The highest BCUT2D eigenvalue weighted by Gasteiger charge is 2.35. The Morgan fingerprint density at radius 1 is 1.45 bits per heavy atom. The molecule has 1 aromatic carbocycles. The van der Waals surface area contributed by atoms with Crippen LogP contribution >= 0.6 is 15.9 Å². The molecule has 0 bridgehead atoms. The van der Waals surface area contributed by atoms with Gasteiger partial charge in [0.05, 0.1) is 12.6 Å². The Balaban J connectivity index is 2.20. The predicted molar refractivity (Wildman–Crippen MR) is 75.5 cm³/mol. The summed E-state index contributed by atoms with van der Waals surface area (Å²) in [5, 5.41) is 1.19. The zero-order chi connectivity index (χ0) is 14.9. The third-order valence-electron chi connectivity index (χ3n) is 2.75. The lowest BCUT2D eigenvalue weighted by atomic mass is 10.0. The number of ether oxygens (including phenoxy) is 1. The van der Waals surface area contributed by atoms with Gasteiger partial charge in [0.2, 0.25) is 0 Å². The molecule has 0 unspecified atom stereocenters. The van der Waals surface area contributed by atoms with Crippen LogP contribution in [0.1, 0.15) is 38.8 Å². The third kappa shape index (κ3) is 3.70. The van der Waals surface area contributed by atoms with Crippen LogP contribution in [0.2, 0.25) is 0 Å². The second-order valence-corrected chi connectivity index (χ2v) is 6.56. The summed E-state index contributed by atoms with van der Waals surface area (Å²) in [5.41, 5.74) is 0.0797. The average Bonchev–Trinajstić information content (AvgIpc) is 2.73. The molecule has 1 aliphatic rings. The van der Waals surface area contributed by atoms with E-state index in [0.717, 1.165) is 0 Å². The van der Waals surface area contributed by atoms with Gasteiger partial charge in [0, 0.05) is 10.9 Å². The van der Waals surface area contributed by atoms with E-state index in [2.05, 4.69) is 15.9 Å². The van der Waals surface area contributed by atoms with Crippen molar-refractivity contribution in [1.29, 1.82) is 0 Å². The normalized spacial score (nSPS) is 19.2. The van der Waals surface area contributed by atoms with Crippen LogP contribution in [0.15, 0.2) is 22.7 Å². The summed E-state index contributed by atoms with van der Waals surface area (Å²) >= 11 is 3.25. The molecule has 1 aromatic rings. The number of benzene rings is 1. The van der Waals surface area contributed by atoms with Crippen molar-refractivity contribution in [2.24, 2.45) is 0 Å². The largest absolute Gasteiger partial charge is 0.442 e. The molecule has 1 fully saturated rings. The average molecular weight is 346 g/mol. The molecule has 0 saturated carbocycles. The lowest BCUT2D eigenvalue weighted by Gasteiger charge is -2.27. The smallest absolute Gasteiger partial charge is 0.435 e. The molecule has 2 rings (SSSR count). The Morgan fingerprint density at radius 3 is 2.75 bits per heavy atom. The molecule has 1 saturated heterocycles. The molecule has 0 aromatic heterocycles. The van der Waals surface area contributed by atoms with E-state index in [1.54, 1.807) is 26.8 Å². The standard InChI is InChI=1S/C14H17BrFNO3/c1-14(2,3)20-13(18)17-12(4-5-19-17)9-6-10(15)8-11(16)7-9/h6-8,12H,4-5H2,1-3H3/t12-/m1/s1. The summed E-state index contributed by atoms with van der Waals surface area (Å²) in [4.78, 5) is 17.4. The molecule has 4 nitrogen and oxygen atoms in total. The number of hydroxylamine groups is 2. The van der Waals surface area contributed by atoms with Crippen molar-refractivity contribution in [3.8, 4) is 0 Å². The van der Waals surface area contributed by atoms with Gasteiger partial charge in [0.15, 0.2) is 0 Å². The number of amides is 1. The number of hydrogen-bond donors (Lipinski definition) is 0. The van der Waals surface area contributed by atoms with E-state index < -0.39 is 11.7 Å². The maximum atomic E-state index is 13.5. The van der Waals surface area contributed by atoms with Crippen LogP contribution < -0.4 is 0 Å². The van der Waals surface area contributed by atoms with Crippen LogP contribution in [0.3, 0.4) is 0 Å². The maximum absolute atomic E-state index is 13.5. The van der Waals surface area contributed by atoms with Crippen molar-refractivity contribution in [3.63, 3.8) is 0 Å². The number of carbonyl (C=O) groups excluding carboxylic acids is 1. The molecule has 0 aliphatic carbocycles. The first-order valence-corrected chi connectivity index (χ1v) is 7.17. The highest BCUT2D eigenvalue weighted by atomic mass is 79.9. The Bertz CT molecular complexity index is 495. The second-order valence-electron chi connectivity index (χ2n) is 5.65. The summed E-state index contributed by atoms with van der Waals surface area (Å²) in [6.07, 6.45) is 0.0511. The lowest BCUT2D eigenvalue weighted by molar-refractivity contribution is -0.125. The van der Waals surface area contributed by atoms with Crippen LogP contribution in [-0.2, 0) is 9.57 Å². The van der Waals surface area contributed by atoms with E-state index in [-0.39, 0.29) is 11.9 Å². The molecule has 1 atom stereocenters. The molecule has 110 valence electrons. The van der Waals surface area contributed by atoms with Gasteiger partial charge in [0.25, 0.3) is 0 Å². The lowest BCUT2D eigenvalue weighted by Crippen LogP contribution is -2.35. The topological polar surface area (TPSA) is 38.8 Å². The van der Waals surface area contributed by atoms with Gasteiger partial charge >= 0.3 is 6.09 Å². The minimum atomic E-state index is -0.601. The molecule has 0 radical (unpaired) electrons. The number of hydrogen-bond acceptors (Lipinski definition) is 3. The van der Waals surface area contributed by atoms with E-state index in [1.165, 1.54) is 17.2 Å². The van der Waals surface area contributed by atoms with E-state index in [1.807, 2.05) is 0 Å². The van der Waals surface area contributed by atoms with Crippen LogP contribution in [0.25, 0.3) is 0 Å². The first-order chi connectivity index (χ1) is 9.26. The molecule has 0 N–H and O–H groups in total. The highest BCUT2D eigenvalue weighted by Crippen LogP contribution is 2.33. The Hall–Kier alpha value is -1.14. The summed E-state index contributed by atoms with van der Waals surface area (Å²) in [7, 11) is 0. The van der Waals surface area contributed by atoms with Gasteiger partial charge in [-0.3, -0.25) is 4.84 Å². The Kier molecular flexibility index (Phi) is 4.34. The molecular formula is C14H17BrFNO3. The van der Waals surface area contributed by atoms with E-state index in [9.17, 15) is 9.18 Å². The van der Waals surface area contributed by atoms with Crippen molar-refractivity contribution < 1.29 is 18.8 Å². The Labute approximate surface area is 125 Å². The maximum Gasteiger partial charge on any atom is 0.435 e. The number of carbonyl (C=O) groups is 1. The third-order valence-corrected chi connectivity index (χ3v) is 3.21. The summed E-state index contributed by atoms with van der Waals surface area (Å²) < 4.78 is 19.4. The van der Waals surface area contributed by atoms with Crippen molar-refractivity contribution in [2.75, 3.05) is 6.61 Å². The van der Waals surface area contributed by atoms with Crippen LogP contribution in [0, 0.1) is 5.82 Å². The molecular weight excluding hydrogens is 329 g/mol. The van der Waals surface area contributed by atoms with Crippen LogP contribution in [-0.4, -0.2) is 23.4 Å². The molecule has 20 heavy (non-hydrogen) atoms. The fourth-order valence-electron chi connectivity index (χ4n) is 2.03. The summed E-state index contributed by atoms with van der Waals surface area (Å²) in [6, 6.07) is 4.22. The van der Waals surface area contributed by atoms with Gasteiger partial charge in [-0.25, -0.2) is 9.18 Å². The van der Waals surface area contributed by atoms with Gasteiger partial charge in [-0.15, -0.1) is 0 Å². The second kappa shape index (κ2) is 5.69. The van der Waals surface area contributed by atoms with Crippen LogP contribution in [0.4, 0.5) is 9.18 Å². The number of nitrogens with zero attached hydrogens (tertiary/aromatic N) is 1. The van der Waals surface area contributed by atoms with Gasteiger partial charge < -0.3 is 4.74 Å². The van der Waals surface area contributed by atoms with E-state index >= 15 is 0 Å². The SMILES string of the molecule is CC(C)(C)OC(=O)N1OCC[C@@H]1c1cc(F)cc(Br)c1. The summed E-state index contributed by atoms with van der Waals surface area (Å²) in [5.74, 6) is -0.356. The van der Waals surface area contributed by atoms with Gasteiger partial charge in [0.1, 0.15) is 11.4 Å². The number of halogens is 2. The molecule has 1 amide bonds. The zero-order valence-corrected chi connectivity index (χ0v) is 13.2. The van der Waals surface area contributed by atoms with E-state index in [0.29, 0.717) is 23.1 Å². The van der Waals surface area contributed by atoms with Crippen molar-refractivity contribution >= 4 is 22.0 Å². The Morgan fingerprint density at radius 2 is 2.15 bits per heavy atom. The van der Waals surface area contributed by atoms with Crippen LogP contribution in [0.5, 0.6) is 0 Å². The molecule has 1 heterocycles. The van der Waals surface area contributed by atoms with Gasteiger partial charge in [-0.05, 0) is 44.5 Å².